The van der Waals surface area contributed by atoms with Crippen molar-refractivity contribution in [3.8, 4) is 0 Å². The van der Waals surface area contributed by atoms with Gasteiger partial charge in [-0.2, -0.15) is 0 Å². The average molecular weight is 197 g/mol. The molecule has 0 spiro atoms. The number of ketones is 1. The maximum absolute atomic E-state index is 13.2. The van der Waals surface area contributed by atoms with Crippen LogP contribution in [0.5, 0.6) is 0 Å². The number of nitrogens with two attached hydrogens (primary N) is 1. The molecule has 0 amide bonds. The SMILES string of the molecule is NC1(C(=O)c2cccc(F)c2F)CC1. The summed E-state index contributed by atoms with van der Waals surface area (Å²) in [4.78, 5) is 11.6. The first-order valence-electron chi connectivity index (χ1n) is 4.32. The van der Waals surface area contributed by atoms with Gasteiger partial charge in [0, 0.05) is 0 Å². The van der Waals surface area contributed by atoms with Crippen molar-refractivity contribution in [2.24, 2.45) is 5.73 Å². The molecule has 2 N–H and O–H groups in total. The molecule has 1 fully saturated rings. The molecule has 0 aliphatic heterocycles. The lowest BCUT2D eigenvalue weighted by atomic mass is 10.0. The summed E-state index contributed by atoms with van der Waals surface area (Å²) in [5.41, 5.74) is 4.41. The van der Waals surface area contributed by atoms with Gasteiger partial charge in [0.15, 0.2) is 17.4 Å². The number of Topliss-reactive ketones (excluding diaryl/α,β-unsaturated/α-hetero) is 1. The Morgan fingerprint density at radius 2 is 2.00 bits per heavy atom. The quantitative estimate of drug-likeness (QED) is 0.732. The van der Waals surface area contributed by atoms with Crippen LogP contribution in [0.15, 0.2) is 18.2 Å². The molecular formula is C10H9F2NO. The van der Waals surface area contributed by atoms with Crippen LogP contribution in [0.4, 0.5) is 8.78 Å². The highest BCUT2D eigenvalue weighted by atomic mass is 19.2. The molecule has 0 atom stereocenters. The molecule has 1 saturated carbocycles. The molecule has 0 unspecified atom stereocenters. The van der Waals surface area contributed by atoms with Gasteiger partial charge in [-0.3, -0.25) is 4.79 Å². The summed E-state index contributed by atoms with van der Waals surface area (Å²) >= 11 is 0. The van der Waals surface area contributed by atoms with E-state index in [0.717, 1.165) is 6.07 Å². The number of benzene rings is 1. The first-order chi connectivity index (χ1) is 6.54. The first kappa shape index (κ1) is 9.27. The standard InChI is InChI=1S/C10H9F2NO/c11-7-3-1-2-6(8(7)12)9(14)10(13)4-5-10/h1-3H,4-5,13H2. The van der Waals surface area contributed by atoms with Crippen LogP contribution in [0, 0.1) is 11.6 Å². The van der Waals surface area contributed by atoms with Crippen LogP contribution in [0.2, 0.25) is 0 Å². The van der Waals surface area contributed by atoms with E-state index in [1.54, 1.807) is 0 Å². The third kappa shape index (κ3) is 1.32. The zero-order chi connectivity index (χ0) is 10.3. The van der Waals surface area contributed by atoms with Crippen molar-refractivity contribution in [1.82, 2.24) is 0 Å². The Balaban J connectivity index is 2.41. The van der Waals surface area contributed by atoms with E-state index in [0.29, 0.717) is 12.8 Å². The molecule has 0 radical (unpaired) electrons. The Kier molecular flexibility index (Phi) is 1.89. The fourth-order valence-electron chi connectivity index (χ4n) is 1.31. The maximum Gasteiger partial charge on any atom is 0.185 e. The Morgan fingerprint density at radius 3 is 2.57 bits per heavy atom. The lowest BCUT2D eigenvalue weighted by Crippen LogP contribution is -2.33. The summed E-state index contributed by atoms with van der Waals surface area (Å²) in [6.45, 7) is 0. The summed E-state index contributed by atoms with van der Waals surface area (Å²) in [6, 6.07) is 3.53. The van der Waals surface area contributed by atoms with Crippen molar-refractivity contribution in [1.29, 1.82) is 0 Å². The minimum absolute atomic E-state index is 0.245. The number of hydrogen-bond donors (Lipinski definition) is 1. The maximum atomic E-state index is 13.2. The summed E-state index contributed by atoms with van der Waals surface area (Å²) < 4.78 is 25.9. The van der Waals surface area contributed by atoms with E-state index in [4.69, 9.17) is 5.73 Å². The van der Waals surface area contributed by atoms with Crippen LogP contribution in [0.25, 0.3) is 0 Å². The van der Waals surface area contributed by atoms with Crippen LogP contribution in [-0.4, -0.2) is 11.3 Å². The Labute approximate surface area is 79.7 Å². The van der Waals surface area contributed by atoms with Gasteiger partial charge in [-0.1, -0.05) is 6.07 Å². The van der Waals surface area contributed by atoms with Crippen LogP contribution in [0.1, 0.15) is 23.2 Å². The summed E-state index contributed by atoms with van der Waals surface area (Å²) in [6.07, 6.45) is 1.09. The molecule has 1 aliphatic rings. The largest absolute Gasteiger partial charge is 0.319 e. The summed E-state index contributed by atoms with van der Waals surface area (Å²) in [5, 5.41) is 0. The zero-order valence-electron chi connectivity index (χ0n) is 7.39. The Hall–Kier alpha value is -1.29. The van der Waals surface area contributed by atoms with Crippen molar-refractivity contribution in [2.75, 3.05) is 0 Å². The molecule has 4 heteroatoms. The molecule has 0 aromatic heterocycles. The molecule has 2 rings (SSSR count). The molecule has 2 nitrogen and oxygen atoms in total. The molecular weight excluding hydrogens is 188 g/mol. The van der Waals surface area contributed by atoms with Gasteiger partial charge < -0.3 is 5.73 Å². The topological polar surface area (TPSA) is 43.1 Å². The fraction of sp³-hybridized carbons (Fsp3) is 0.300. The van der Waals surface area contributed by atoms with Crippen LogP contribution in [0.3, 0.4) is 0 Å². The van der Waals surface area contributed by atoms with Crippen LogP contribution < -0.4 is 5.73 Å². The van der Waals surface area contributed by atoms with Crippen LogP contribution in [-0.2, 0) is 0 Å². The number of halogens is 2. The molecule has 0 heterocycles. The van der Waals surface area contributed by atoms with Gasteiger partial charge in [-0.05, 0) is 25.0 Å². The third-order valence-corrected chi connectivity index (χ3v) is 2.44. The highest BCUT2D eigenvalue weighted by Gasteiger charge is 2.47. The molecule has 74 valence electrons. The minimum Gasteiger partial charge on any atom is -0.319 e. The van der Waals surface area contributed by atoms with Gasteiger partial charge in [0.1, 0.15) is 0 Å². The molecule has 1 aromatic carbocycles. The van der Waals surface area contributed by atoms with Gasteiger partial charge in [0.25, 0.3) is 0 Å². The number of carbonyl (C=O) groups is 1. The zero-order valence-corrected chi connectivity index (χ0v) is 7.39. The monoisotopic (exact) mass is 197 g/mol. The number of hydrogen-bond acceptors (Lipinski definition) is 2. The van der Waals surface area contributed by atoms with E-state index in [-0.39, 0.29) is 5.56 Å². The van der Waals surface area contributed by atoms with Crippen molar-refractivity contribution >= 4 is 5.78 Å². The lowest BCUT2D eigenvalue weighted by molar-refractivity contribution is 0.0944. The van der Waals surface area contributed by atoms with Gasteiger partial charge in [-0.15, -0.1) is 0 Å². The number of rotatable bonds is 2. The summed E-state index contributed by atoms with van der Waals surface area (Å²) in [5.74, 6) is -2.62. The van der Waals surface area contributed by atoms with E-state index in [1.165, 1.54) is 12.1 Å². The molecule has 1 aromatic rings. The predicted molar refractivity (Wildman–Crippen MR) is 46.8 cm³/mol. The smallest absolute Gasteiger partial charge is 0.185 e. The van der Waals surface area contributed by atoms with E-state index in [2.05, 4.69) is 0 Å². The van der Waals surface area contributed by atoms with E-state index in [1.807, 2.05) is 0 Å². The Morgan fingerprint density at radius 1 is 1.36 bits per heavy atom. The normalized spacial score (nSPS) is 17.9. The Bertz CT molecular complexity index is 399. The van der Waals surface area contributed by atoms with Crippen molar-refractivity contribution in [3.63, 3.8) is 0 Å². The van der Waals surface area contributed by atoms with Crippen molar-refractivity contribution in [3.05, 3.63) is 35.4 Å². The average Bonchev–Trinajstić information content (AvgIpc) is 2.89. The minimum atomic E-state index is -1.10. The van der Waals surface area contributed by atoms with Gasteiger partial charge in [0.2, 0.25) is 0 Å². The number of carbonyl (C=O) groups excluding carboxylic acids is 1. The van der Waals surface area contributed by atoms with Gasteiger partial charge in [-0.25, -0.2) is 8.78 Å². The molecule has 14 heavy (non-hydrogen) atoms. The van der Waals surface area contributed by atoms with E-state index in [9.17, 15) is 13.6 Å². The van der Waals surface area contributed by atoms with E-state index < -0.39 is 23.0 Å². The fourth-order valence-corrected chi connectivity index (χ4v) is 1.31. The molecule has 0 bridgehead atoms. The highest BCUT2D eigenvalue weighted by molar-refractivity contribution is 6.05. The first-order valence-corrected chi connectivity index (χ1v) is 4.32. The second kappa shape index (κ2) is 2.85. The van der Waals surface area contributed by atoms with Gasteiger partial charge >= 0.3 is 0 Å². The second-order valence-corrected chi connectivity index (χ2v) is 3.59. The summed E-state index contributed by atoms with van der Waals surface area (Å²) in [7, 11) is 0. The van der Waals surface area contributed by atoms with E-state index >= 15 is 0 Å². The van der Waals surface area contributed by atoms with Gasteiger partial charge in [0.05, 0.1) is 11.1 Å². The third-order valence-electron chi connectivity index (χ3n) is 2.44. The van der Waals surface area contributed by atoms with Crippen LogP contribution >= 0.6 is 0 Å². The predicted octanol–water partition coefficient (Wildman–Crippen LogP) is 1.64. The van der Waals surface area contributed by atoms with Crippen molar-refractivity contribution in [2.45, 2.75) is 18.4 Å². The highest BCUT2D eigenvalue weighted by Crippen LogP contribution is 2.36. The molecule has 1 aliphatic carbocycles. The lowest BCUT2D eigenvalue weighted by Gasteiger charge is -2.08. The molecule has 0 saturated heterocycles. The second-order valence-electron chi connectivity index (χ2n) is 3.59. The van der Waals surface area contributed by atoms with Crippen molar-refractivity contribution < 1.29 is 13.6 Å².